The quantitative estimate of drug-likeness (QED) is 0.631. The Balaban J connectivity index is 2.08. The van der Waals surface area contributed by atoms with Crippen LogP contribution >= 0.6 is 10.7 Å². The van der Waals surface area contributed by atoms with Gasteiger partial charge >= 0.3 is 0 Å². The first-order valence-corrected chi connectivity index (χ1v) is 8.81. The normalized spacial score (nSPS) is 17.1. The Kier molecular flexibility index (Phi) is 5.08. The number of rotatable bonds is 6. The molecule has 6 nitrogen and oxygen atoms in total. The zero-order valence-electron chi connectivity index (χ0n) is 11.5. The lowest BCUT2D eigenvalue weighted by atomic mass is 10.1. The standard InChI is InChI=1S/C13H16ClNO5S/c1-2-5-19-8-13(16)15-11-7-20-12-4-3-9(6-10(11)12)21(14,17)18/h3-4,6,11H,2,5,7-8H2,1H3,(H,15,16). The average molecular weight is 334 g/mol. The van der Waals surface area contributed by atoms with Crippen LogP contribution in [0.15, 0.2) is 23.1 Å². The molecule has 0 radical (unpaired) electrons. The zero-order valence-corrected chi connectivity index (χ0v) is 13.0. The van der Waals surface area contributed by atoms with Crippen molar-refractivity contribution < 1.29 is 22.7 Å². The van der Waals surface area contributed by atoms with E-state index < -0.39 is 15.1 Å². The number of halogens is 1. The van der Waals surface area contributed by atoms with Crippen LogP contribution in [0.5, 0.6) is 5.75 Å². The topological polar surface area (TPSA) is 81.7 Å². The van der Waals surface area contributed by atoms with Crippen molar-refractivity contribution in [1.29, 1.82) is 0 Å². The molecule has 2 rings (SSSR count). The fourth-order valence-corrected chi connectivity index (χ4v) is 2.80. The molecule has 0 saturated carbocycles. The highest BCUT2D eigenvalue weighted by Crippen LogP contribution is 2.34. The number of carbonyl (C=O) groups excluding carboxylic acids is 1. The van der Waals surface area contributed by atoms with Gasteiger partial charge in [-0.05, 0) is 24.6 Å². The summed E-state index contributed by atoms with van der Waals surface area (Å²) in [6, 6.07) is 3.92. The van der Waals surface area contributed by atoms with E-state index in [4.69, 9.17) is 20.2 Å². The number of carbonyl (C=O) groups is 1. The summed E-state index contributed by atoms with van der Waals surface area (Å²) in [6.45, 7) is 2.68. The van der Waals surface area contributed by atoms with Crippen LogP contribution in [0.3, 0.4) is 0 Å². The van der Waals surface area contributed by atoms with Gasteiger partial charge in [-0.15, -0.1) is 0 Å². The Morgan fingerprint density at radius 3 is 2.95 bits per heavy atom. The van der Waals surface area contributed by atoms with Gasteiger partial charge in [-0.3, -0.25) is 4.79 Å². The molecule has 0 aromatic heterocycles. The predicted molar refractivity (Wildman–Crippen MR) is 77.0 cm³/mol. The van der Waals surface area contributed by atoms with E-state index in [2.05, 4.69) is 5.32 Å². The lowest BCUT2D eigenvalue weighted by molar-refractivity contribution is -0.126. The largest absolute Gasteiger partial charge is 0.491 e. The van der Waals surface area contributed by atoms with Crippen LogP contribution in [0.1, 0.15) is 24.9 Å². The van der Waals surface area contributed by atoms with Gasteiger partial charge in [0.2, 0.25) is 5.91 Å². The first-order chi connectivity index (χ1) is 9.91. The fourth-order valence-electron chi connectivity index (χ4n) is 2.01. The summed E-state index contributed by atoms with van der Waals surface area (Å²) in [5.74, 6) is 0.267. The highest BCUT2D eigenvalue weighted by Gasteiger charge is 2.27. The van der Waals surface area contributed by atoms with Crippen LogP contribution in [0.4, 0.5) is 0 Å². The zero-order chi connectivity index (χ0) is 15.5. The van der Waals surface area contributed by atoms with Crippen LogP contribution < -0.4 is 10.1 Å². The maximum atomic E-state index is 11.7. The Morgan fingerprint density at radius 1 is 1.52 bits per heavy atom. The van der Waals surface area contributed by atoms with E-state index in [1.807, 2.05) is 6.92 Å². The molecule has 8 heteroatoms. The van der Waals surface area contributed by atoms with Crippen LogP contribution in [0.2, 0.25) is 0 Å². The van der Waals surface area contributed by atoms with E-state index in [0.717, 1.165) is 6.42 Å². The minimum absolute atomic E-state index is 0.0186. The number of amides is 1. The number of ether oxygens (including phenoxy) is 2. The highest BCUT2D eigenvalue weighted by molar-refractivity contribution is 8.13. The van der Waals surface area contributed by atoms with Crippen molar-refractivity contribution in [2.75, 3.05) is 19.8 Å². The second-order valence-corrected chi connectivity index (χ2v) is 7.19. The molecule has 0 fully saturated rings. The van der Waals surface area contributed by atoms with Gasteiger partial charge in [0.25, 0.3) is 9.05 Å². The summed E-state index contributed by atoms with van der Waals surface area (Å²) in [5, 5.41) is 2.75. The van der Waals surface area contributed by atoms with Gasteiger partial charge in [0.1, 0.15) is 19.0 Å². The van der Waals surface area contributed by atoms with Gasteiger partial charge in [0.15, 0.2) is 0 Å². The number of hydrogen-bond donors (Lipinski definition) is 1. The van der Waals surface area contributed by atoms with Crippen molar-refractivity contribution in [3.05, 3.63) is 23.8 Å². The van der Waals surface area contributed by atoms with Crippen molar-refractivity contribution in [2.45, 2.75) is 24.3 Å². The SMILES string of the molecule is CCCOCC(=O)NC1COc2ccc(S(=O)(=O)Cl)cc21. The minimum atomic E-state index is -3.81. The number of benzene rings is 1. The molecular formula is C13H16ClNO5S. The van der Waals surface area contributed by atoms with E-state index in [1.165, 1.54) is 18.2 Å². The maximum Gasteiger partial charge on any atom is 0.261 e. The summed E-state index contributed by atoms with van der Waals surface area (Å²) in [5.41, 5.74) is 0.598. The molecular weight excluding hydrogens is 318 g/mol. The van der Waals surface area contributed by atoms with Gasteiger partial charge in [-0.2, -0.15) is 0 Å². The molecule has 0 aliphatic carbocycles. The van der Waals surface area contributed by atoms with E-state index in [9.17, 15) is 13.2 Å². The molecule has 1 aliphatic rings. The summed E-state index contributed by atoms with van der Waals surface area (Å²) in [6.07, 6.45) is 0.833. The highest BCUT2D eigenvalue weighted by atomic mass is 35.7. The summed E-state index contributed by atoms with van der Waals surface area (Å²) in [4.78, 5) is 11.7. The average Bonchev–Trinajstić information content (AvgIpc) is 2.80. The van der Waals surface area contributed by atoms with Gasteiger partial charge in [0, 0.05) is 22.9 Å². The first kappa shape index (κ1) is 16.1. The Morgan fingerprint density at radius 2 is 2.29 bits per heavy atom. The Hall–Kier alpha value is -1.31. The second-order valence-electron chi connectivity index (χ2n) is 4.62. The lowest BCUT2D eigenvalue weighted by Gasteiger charge is -2.12. The Labute approximate surface area is 127 Å². The first-order valence-electron chi connectivity index (χ1n) is 6.50. The summed E-state index contributed by atoms with van der Waals surface area (Å²) in [7, 11) is 1.51. The third-order valence-electron chi connectivity index (χ3n) is 2.96. The van der Waals surface area contributed by atoms with Crippen molar-refractivity contribution in [2.24, 2.45) is 0 Å². The summed E-state index contributed by atoms with van der Waals surface area (Å²) < 4.78 is 33.3. The van der Waals surface area contributed by atoms with Crippen LogP contribution in [-0.4, -0.2) is 34.1 Å². The third-order valence-corrected chi connectivity index (χ3v) is 4.31. The molecule has 1 N–H and O–H groups in total. The number of hydrogen-bond acceptors (Lipinski definition) is 5. The van der Waals surface area contributed by atoms with Crippen LogP contribution in [0, 0.1) is 0 Å². The van der Waals surface area contributed by atoms with Gasteiger partial charge in [0.05, 0.1) is 10.9 Å². The predicted octanol–water partition coefficient (Wildman–Crippen LogP) is 1.59. The molecule has 1 amide bonds. The van der Waals surface area contributed by atoms with E-state index >= 15 is 0 Å². The molecule has 1 unspecified atom stereocenters. The van der Waals surface area contributed by atoms with Crippen molar-refractivity contribution in [1.82, 2.24) is 5.32 Å². The molecule has 1 heterocycles. The maximum absolute atomic E-state index is 11.7. The van der Waals surface area contributed by atoms with E-state index in [1.54, 1.807) is 0 Å². The molecule has 1 aromatic carbocycles. The van der Waals surface area contributed by atoms with Gasteiger partial charge in [-0.1, -0.05) is 6.92 Å². The molecule has 116 valence electrons. The lowest BCUT2D eigenvalue weighted by Crippen LogP contribution is -2.32. The summed E-state index contributed by atoms with van der Waals surface area (Å²) >= 11 is 0. The number of nitrogens with one attached hydrogen (secondary N) is 1. The molecule has 1 atom stereocenters. The fraction of sp³-hybridized carbons (Fsp3) is 0.462. The van der Waals surface area contributed by atoms with Gasteiger partial charge in [-0.25, -0.2) is 8.42 Å². The second kappa shape index (κ2) is 6.64. The Bertz CT molecular complexity index is 631. The number of fused-ring (bicyclic) bond motifs is 1. The molecule has 1 aliphatic heterocycles. The smallest absolute Gasteiger partial charge is 0.261 e. The van der Waals surface area contributed by atoms with Crippen LogP contribution in [-0.2, 0) is 18.6 Å². The molecule has 1 aromatic rings. The monoisotopic (exact) mass is 333 g/mol. The van der Waals surface area contributed by atoms with Crippen LogP contribution in [0.25, 0.3) is 0 Å². The molecule has 21 heavy (non-hydrogen) atoms. The van der Waals surface area contributed by atoms with Crippen molar-refractivity contribution >= 4 is 25.6 Å². The molecule has 0 spiro atoms. The van der Waals surface area contributed by atoms with Crippen molar-refractivity contribution in [3.63, 3.8) is 0 Å². The van der Waals surface area contributed by atoms with Crippen molar-refractivity contribution in [3.8, 4) is 5.75 Å². The van der Waals surface area contributed by atoms with Gasteiger partial charge < -0.3 is 14.8 Å². The molecule has 0 bridgehead atoms. The molecule has 0 saturated heterocycles. The van der Waals surface area contributed by atoms with E-state index in [0.29, 0.717) is 17.9 Å². The minimum Gasteiger partial charge on any atom is -0.491 e. The third kappa shape index (κ3) is 4.09. The van der Waals surface area contributed by atoms with E-state index in [-0.39, 0.29) is 24.0 Å².